The van der Waals surface area contributed by atoms with E-state index in [2.05, 4.69) is 31.6 Å². The number of nitrogens with zero attached hydrogens (tertiary/aromatic N) is 1. The lowest BCUT2D eigenvalue weighted by Crippen LogP contribution is -1.98. The number of rotatable bonds is 4. The van der Waals surface area contributed by atoms with Gasteiger partial charge in [-0.1, -0.05) is 0 Å². The summed E-state index contributed by atoms with van der Waals surface area (Å²) in [5, 5.41) is 5.36. The first kappa shape index (κ1) is 11.4. The van der Waals surface area contributed by atoms with Crippen LogP contribution < -0.4 is 10.1 Å². The van der Waals surface area contributed by atoms with Crippen molar-refractivity contribution in [3.8, 4) is 5.88 Å². The van der Waals surface area contributed by atoms with Crippen LogP contribution in [0.4, 0.5) is 5.69 Å². The Bertz CT molecular complexity index is 455. The number of ether oxygens (including phenoxy) is 1. The zero-order valence-corrected chi connectivity index (χ0v) is 11.1. The lowest BCUT2D eigenvalue weighted by atomic mass is 10.4. The highest BCUT2D eigenvalue weighted by Gasteiger charge is 2.01. The fraction of sp³-hybridized carbons (Fsp3) is 0.182. The third-order valence-corrected chi connectivity index (χ3v) is 4.02. The third kappa shape index (κ3) is 2.74. The number of hydrogen-bond acceptors (Lipinski definition) is 4. The number of halogens is 1. The zero-order chi connectivity index (χ0) is 11.4. The number of hydrogen-bond donors (Lipinski definition) is 1. The molecule has 0 bridgehead atoms. The van der Waals surface area contributed by atoms with Gasteiger partial charge in [0.1, 0.15) is 0 Å². The van der Waals surface area contributed by atoms with Gasteiger partial charge in [0.15, 0.2) is 0 Å². The molecule has 0 aliphatic heterocycles. The summed E-state index contributed by atoms with van der Waals surface area (Å²) in [5.41, 5.74) is 0.987. The summed E-state index contributed by atoms with van der Waals surface area (Å²) in [6, 6.07) is 5.84. The molecule has 0 atom stereocenters. The Labute approximate surface area is 107 Å². The van der Waals surface area contributed by atoms with E-state index in [-0.39, 0.29) is 0 Å². The van der Waals surface area contributed by atoms with Crippen molar-refractivity contribution in [2.45, 2.75) is 6.54 Å². The highest BCUT2D eigenvalue weighted by Crippen LogP contribution is 2.23. The van der Waals surface area contributed by atoms with Crippen LogP contribution in [0.5, 0.6) is 5.88 Å². The predicted molar refractivity (Wildman–Crippen MR) is 70.1 cm³/mol. The van der Waals surface area contributed by atoms with Crippen molar-refractivity contribution in [2.24, 2.45) is 0 Å². The lowest BCUT2D eigenvalue weighted by Gasteiger charge is -2.05. The van der Waals surface area contributed by atoms with Crippen LogP contribution in [0, 0.1) is 0 Å². The summed E-state index contributed by atoms with van der Waals surface area (Å²) < 4.78 is 6.14. The van der Waals surface area contributed by atoms with Gasteiger partial charge in [-0.05, 0) is 33.4 Å². The Balaban J connectivity index is 1.97. The van der Waals surface area contributed by atoms with Crippen LogP contribution in [-0.4, -0.2) is 12.1 Å². The van der Waals surface area contributed by atoms with Gasteiger partial charge in [0, 0.05) is 15.4 Å². The highest BCUT2D eigenvalue weighted by atomic mass is 79.9. The number of pyridine rings is 1. The average molecular weight is 299 g/mol. The van der Waals surface area contributed by atoms with Crippen molar-refractivity contribution in [1.82, 2.24) is 4.98 Å². The second kappa shape index (κ2) is 5.32. The summed E-state index contributed by atoms with van der Waals surface area (Å²) in [6.07, 6.45) is 1.76. The van der Waals surface area contributed by atoms with Crippen LogP contribution >= 0.6 is 27.3 Å². The molecular weight excluding hydrogens is 288 g/mol. The van der Waals surface area contributed by atoms with Gasteiger partial charge < -0.3 is 10.1 Å². The van der Waals surface area contributed by atoms with Crippen molar-refractivity contribution in [2.75, 3.05) is 12.4 Å². The van der Waals surface area contributed by atoms with Gasteiger partial charge >= 0.3 is 0 Å². The van der Waals surface area contributed by atoms with Gasteiger partial charge in [0.25, 0.3) is 0 Å². The van der Waals surface area contributed by atoms with E-state index in [0.717, 1.165) is 16.7 Å². The summed E-state index contributed by atoms with van der Waals surface area (Å²) in [5.74, 6) is 0.628. The lowest BCUT2D eigenvalue weighted by molar-refractivity contribution is 0.398. The Kier molecular flexibility index (Phi) is 3.79. The number of thiophene rings is 1. The molecule has 2 aromatic rings. The molecule has 5 heteroatoms. The average Bonchev–Trinajstić information content (AvgIpc) is 2.73. The molecule has 16 heavy (non-hydrogen) atoms. The van der Waals surface area contributed by atoms with Crippen LogP contribution in [0.25, 0.3) is 0 Å². The molecule has 0 fully saturated rings. The summed E-state index contributed by atoms with van der Waals surface area (Å²) in [4.78, 5) is 5.40. The molecule has 0 amide bonds. The van der Waals surface area contributed by atoms with Crippen molar-refractivity contribution < 1.29 is 4.74 Å². The Hall–Kier alpha value is -1.07. The molecule has 3 nitrogen and oxygen atoms in total. The first-order valence-corrected chi connectivity index (χ1v) is 6.42. The molecule has 0 unspecified atom stereocenters. The number of aromatic nitrogens is 1. The number of anilines is 1. The second-order valence-corrected chi connectivity index (χ2v) is 4.99. The van der Waals surface area contributed by atoms with Crippen LogP contribution in [0.3, 0.4) is 0 Å². The fourth-order valence-electron chi connectivity index (χ4n) is 1.24. The van der Waals surface area contributed by atoms with Gasteiger partial charge in [-0.25, -0.2) is 4.98 Å². The molecule has 2 rings (SSSR count). The van der Waals surface area contributed by atoms with E-state index in [1.165, 1.54) is 4.88 Å². The predicted octanol–water partition coefficient (Wildman–Crippen LogP) is 3.53. The molecule has 0 radical (unpaired) electrons. The molecule has 1 N–H and O–H groups in total. The molecule has 0 saturated carbocycles. The minimum atomic E-state index is 0.628. The molecule has 84 valence electrons. The van der Waals surface area contributed by atoms with E-state index in [0.29, 0.717) is 5.88 Å². The van der Waals surface area contributed by atoms with Crippen molar-refractivity contribution in [3.63, 3.8) is 0 Å². The molecule has 0 spiro atoms. The molecule has 0 aliphatic carbocycles. The molecular formula is C11H11BrN2OS. The van der Waals surface area contributed by atoms with E-state index in [1.807, 2.05) is 18.2 Å². The largest absolute Gasteiger partial charge is 0.481 e. The van der Waals surface area contributed by atoms with E-state index < -0.39 is 0 Å². The molecule has 0 saturated heterocycles. The monoisotopic (exact) mass is 298 g/mol. The van der Waals surface area contributed by atoms with E-state index in [9.17, 15) is 0 Å². The topological polar surface area (TPSA) is 34.1 Å². The van der Waals surface area contributed by atoms with Gasteiger partial charge in [0.2, 0.25) is 5.88 Å². The summed E-state index contributed by atoms with van der Waals surface area (Å²) >= 11 is 5.22. The summed E-state index contributed by atoms with van der Waals surface area (Å²) in [7, 11) is 1.61. The first-order chi connectivity index (χ1) is 7.79. The van der Waals surface area contributed by atoms with Crippen molar-refractivity contribution >= 4 is 33.0 Å². The third-order valence-electron chi connectivity index (χ3n) is 2.09. The van der Waals surface area contributed by atoms with Gasteiger partial charge in [0.05, 0.1) is 25.5 Å². The van der Waals surface area contributed by atoms with Gasteiger partial charge in [-0.3, -0.25) is 0 Å². The zero-order valence-electron chi connectivity index (χ0n) is 8.74. The molecule has 2 aromatic heterocycles. The maximum absolute atomic E-state index is 4.99. The minimum Gasteiger partial charge on any atom is -0.481 e. The number of nitrogens with one attached hydrogen (secondary N) is 1. The number of methoxy groups -OCH3 is 1. The molecule has 2 heterocycles. The van der Waals surface area contributed by atoms with Gasteiger partial charge in [-0.15, -0.1) is 11.3 Å². The van der Waals surface area contributed by atoms with Crippen LogP contribution in [0.2, 0.25) is 0 Å². The highest BCUT2D eigenvalue weighted by molar-refractivity contribution is 9.10. The smallest absolute Gasteiger partial charge is 0.213 e. The van der Waals surface area contributed by atoms with Crippen molar-refractivity contribution in [3.05, 3.63) is 39.1 Å². The molecule has 0 aromatic carbocycles. The standard InChI is InChI=1S/C11H11BrN2OS/c1-15-11-3-2-8(6-14-11)13-7-10-9(12)4-5-16-10/h2-6,13H,7H2,1H3. The van der Waals surface area contributed by atoms with E-state index in [1.54, 1.807) is 24.6 Å². The maximum atomic E-state index is 4.99. The van der Waals surface area contributed by atoms with Crippen LogP contribution in [0.15, 0.2) is 34.2 Å². The summed E-state index contributed by atoms with van der Waals surface area (Å²) in [6.45, 7) is 0.798. The maximum Gasteiger partial charge on any atom is 0.213 e. The van der Waals surface area contributed by atoms with E-state index >= 15 is 0 Å². The van der Waals surface area contributed by atoms with Gasteiger partial charge in [-0.2, -0.15) is 0 Å². The fourth-order valence-corrected chi connectivity index (χ4v) is 2.67. The molecule has 0 aliphatic rings. The Morgan fingerprint density at radius 1 is 1.44 bits per heavy atom. The first-order valence-electron chi connectivity index (χ1n) is 4.75. The van der Waals surface area contributed by atoms with Crippen LogP contribution in [0.1, 0.15) is 4.88 Å². The SMILES string of the molecule is COc1ccc(NCc2sccc2Br)cn1. The Morgan fingerprint density at radius 3 is 2.88 bits per heavy atom. The quantitative estimate of drug-likeness (QED) is 0.938. The van der Waals surface area contributed by atoms with Crippen molar-refractivity contribution in [1.29, 1.82) is 0 Å². The minimum absolute atomic E-state index is 0.628. The second-order valence-electron chi connectivity index (χ2n) is 3.13. The Morgan fingerprint density at radius 2 is 2.31 bits per heavy atom. The van der Waals surface area contributed by atoms with E-state index in [4.69, 9.17) is 4.74 Å². The van der Waals surface area contributed by atoms with Crippen LogP contribution in [-0.2, 0) is 6.54 Å². The normalized spacial score (nSPS) is 10.1.